The standard InChI is InChI=1S/C22H32N6O2S/c1-23-18(30)11-24-17(29)10-13-4-9-16-19(13)20-21(25-12-26-22(20)31-16)27-14-5-7-15(8-6-14)28(2)3/h12-15H,4-11H2,1-3H3,(H,23,30)(H,24,29)(H,25,26,27)/t13-,14?,15?/m1/s1. The molecule has 2 heterocycles. The summed E-state index contributed by atoms with van der Waals surface area (Å²) in [5, 5.41) is 10.1. The normalized spacial score (nSPS) is 23.0. The van der Waals surface area contributed by atoms with Crippen molar-refractivity contribution < 1.29 is 9.59 Å². The fourth-order valence-corrected chi connectivity index (χ4v) is 6.12. The van der Waals surface area contributed by atoms with E-state index in [1.165, 1.54) is 23.3 Å². The molecule has 1 saturated carbocycles. The molecule has 0 aliphatic heterocycles. The maximum atomic E-state index is 12.4. The topological polar surface area (TPSA) is 99.2 Å². The first-order chi connectivity index (χ1) is 15.0. The van der Waals surface area contributed by atoms with Gasteiger partial charge in [0.2, 0.25) is 11.8 Å². The SMILES string of the molecule is CNC(=O)CNC(=O)C[C@H]1CCc2sc3ncnc(NC4CCC(N(C)C)CC4)c3c21. The van der Waals surface area contributed by atoms with E-state index >= 15 is 0 Å². The maximum absolute atomic E-state index is 12.4. The predicted octanol–water partition coefficient (Wildman–Crippen LogP) is 2.26. The van der Waals surface area contributed by atoms with E-state index in [0.717, 1.165) is 41.7 Å². The minimum Gasteiger partial charge on any atom is -0.367 e. The fourth-order valence-electron chi connectivity index (χ4n) is 4.87. The minimum absolute atomic E-state index is 0.0187. The number of hydrogen-bond acceptors (Lipinski definition) is 7. The van der Waals surface area contributed by atoms with E-state index < -0.39 is 0 Å². The van der Waals surface area contributed by atoms with Gasteiger partial charge in [-0.25, -0.2) is 9.97 Å². The van der Waals surface area contributed by atoms with E-state index in [4.69, 9.17) is 0 Å². The summed E-state index contributed by atoms with van der Waals surface area (Å²) < 4.78 is 0. The maximum Gasteiger partial charge on any atom is 0.239 e. The van der Waals surface area contributed by atoms with Gasteiger partial charge < -0.3 is 20.9 Å². The number of amides is 2. The molecule has 31 heavy (non-hydrogen) atoms. The van der Waals surface area contributed by atoms with E-state index in [1.807, 2.05) is 0 Å². The summed E-state index contributed by atoms with van der Waals surface area (Å²) in [5.41, 5.74) is 1.24. The van der Waals surface area contributed by atoms with Gasteiger partial charge in [-0.05, 0) is 64.1 Å². The Morgan fingerprint density at radius 2 is 1.90 bits per heavy atom. The second-order valence-corrected chi connectivity index (χ2v) is 9.93. The predicted molar refractivity (Wildman–Crippen MR) is 124 cm³/mol. The summed E-state index contributed by atoms with van der Waals surface area (Å²) in [7, 11) is 5.88. The van der Waals surface area contributed by atoms with Gasteiger partial charge in [0.25, 0.3) is 0 Å². The Morgan fingerprint density at radius 1 is 1.13 bits per heavy atom. The second kappa shape index (κ2) is 9.48. The molecule has 1 atom stereocenters. The average molecular weight is 445 g/mol. The largest absolute Gasteiger partial charge is 0.367 e. The zero-order chi connectivity index (χ0) is 22.0. The molecule has 2 aliphatic carbocycles. The summed E-state index contributed by atoms with van der Waals surface area (Å²) >= 11 is 1.73. The van der Waals surface area contributed by atoms with Crippen molar-refractivity contribution in [1.29, 1.82) is 0 Å². The highest BCUT2D eigenvalue weighted by Crippen LogP contribution is 2.46. The molecule has 0 unspecified atom stereocenters. The number of rotatable bonds is 7. The summed E-state index contributed by atoms with van der Waals surface area (Å²) in [6, 6.07) is 1.08. The Hall–Kier alpha value is -2.26. The van der Waals surface area contributed by atoms with Crippen molar-refractivity contribution in [3.05, 3.63) is 16.8 Å². The third-order valence-electron chi connectivity index (χ3n) is 6.65. The van der Waals surface area contributed by atoms with Crippen molar-refractivity contribution in [2.75, 3.05) is 33.0 Å². The van der Waals surface area contributed by atoms with Crippen LogP contribution in [0.25, 0.3) is 10.2 Å². The van der Waals surface area contributed by atoms with Crippen LogP contribution in [0.1, 0.15) is 54.9 Å². The van der Waals surface area contributed by atoms with Crippen LogP contribution in [0.5, 0.6) is 0 Å². The van der Waals surface area contributed by atoms with Crippen molar-refractivity contribution in [2.45, 2.75) is 62.9 Å². The van der Waals surface area contributed by atoms with E-state index in [-0.39, 0.29) is 24.3 Å². The zero-order valence-corrected chi connectivity index (χ0v) is 19.3. The van der Waals surface area contributed by atoms with Crippen LogP contribution in [0.15, 0.2) is 6.33 Å². The van der Waals surface area contributed by atoms with E-state index in [0.29, 0.717) is 18.5 Å². The van der Waals surface area contributed by atoms with E-state index in [2.05, 4.69) is 44.9 Å². The van der Waals surface area contributed by atoms with E-state index in [1.54, 1.807) is 24.7 Å². The quantitative estimate of drug-likeness (QED) is 0.606. The number of fused-ring (bicyclic) bond motifs is 3. The van der Waals surface area contributed by atoms with Crippen LogP contribution in [-0.2, 0) is 16.0 Å². The van der Waals surface area contributed by atoms with Crippen LogP contribution in [-0.4, -0.2) is 66.5 Å². The lowest BCUT2D eigenvalue weighted by Crippen LogP contribution is -2.36. The summed E-state index contributed by atoms with van der Waals surface area (Å²) in [5.74, 6) is 0.775. The number of anilines is 1. The smallest absolute Gasteiger partial charge is 0.239 e. The Kier molecular flexibility index (Phi) is 6.71. The number of aromatic nitrogens is 2. The Bertz CT molecular complexity index is 951. The number of nitrogens with zero attached hydrogens (tertiary/aromatic N) is 3. The monoisotopic (exact) mass is 444 g/mol. The van der Waals surface area contributed by atoms with Crippen LogP contribution in [0.3, 0.4) is 0 Å². The van der Waals surface area contributed by atoms with Gasteiger partial charge in [-0.15, -0.1) is 11.3 Å². The lowest BCUT2D eigenvalue weighted by Gasteiger charge is -2.33. The third-order valence-corrected chi connectivity index (χ3v) is 7.83. The van der Waals surface area contributed by atoms with Gasteiger partial charge in [-0.1, -0.05) is 0 Å². The van der Waals surface area contributed by atoms with Crippen molar-refractivity contribution in [3.63, 3.8) is 0 Å². The Labute approximate surface area is 187 Å². The van der Waals surface area contributed by atoms with Gasteiger partial charge in [-0.2, -0.15) is 0 Å². The van der Waals surface area contributed by atoms with Crippen LogP contribution in [0, 0.1) is 0 Å². The molecule has 0 bridgehead atoms. The van der Waals surface area contributed by atoms with Crippen LogP contribution in [0.2, 0.25) is 0 Å². The number of hydrogen-bond donors (Lipinski definition) is 3. The second-order valence-electron chi connectivity index (χ2n) is 8.84. The van der Waals surface area contributed by atoms with Crippen molar-refractivity contribution >= 4 is 39.2 Å². The zero-order valence-electron chi connectivity index (χ0n) is 18.5. The first-order valence-corrected chi connectivity index (χ1v) is 11.9. The molecule has 4 rings (SSSR count). The average Bonchev–Trinajstić information content (AvgIpc) is 3.32. The highest BCUT2D eigenvalue weighted by Gasteiger charge is 2.32. The number of nitrogens with one attached hydrogen (secondary N) is 3. The molecular formula is C22H32N6O2S. The number of carbonyl (C=O) groups excluding carboxylic acids is 2. The Balaban J connectivity index is 1.50. The highest BCUT2D eigenvalue weighted by molar-refractivity contribution is 7.19. The molecule has 0 radical (unpaired) electrons. The summed E-state index contributed by atoms with van der Waals surface area (Å²) in [4.78, 5) is 37.6. The van der Waals surface area contributed by atoms with Crippen molar-refractivity contribution in [1.82, 2.24) is 25.5 Å². The van der Waals surface area contributed by atoms with Crippen LogP contribution in [0.4, 0.5) is 5.82 Å². The van der Waals surface area contributed by atoms with Gasteiger partial charge in [0, 0.05) is 30.4 Å². The first kappa shape index (κ1) is 22.0. The number of likely N-dealkylation sites (N-methyl/N-ethyl adjacent to an activating group) is 1. The molecule has 2 aromatic heterocycles. The van der Waals surface area contributed by atoms with Crippen LogP contribution >= 0.6 is 11.3 Å². The number of thiophene rings is 1. The first-order valence-electron chi connectivity index (χ1n) is 11.1. The van der Waals surface area contributed by atoms with E-state index in [9.17, 15) is 9.59 Å². The van der Waals surface area contributed by atoms with Crippen molar-refractivity contribution in [2.24, 2.45) is 0 Å². The Morgan fingerprint density at radius 3 is 2.61 bits per heavy atom. The van der Waals surface area contributed by atoms with Gasteiger partial charge in [0.1, 0.15) is 17.0 Å². The summed E-state index contributed by atoms with van der Waals surface area (Å²) in [6.45, 7) is 0.0187. The number of carbonyl (C=O) groups is 2. The third kappa shape index (κ3) is 4.82. The molecule has 2 amide bonds. The van der Waals surface area contributed by atoms with Gasteiger partial charge in [0.15, 0.2) is 0 Å². The lowest BCUT2D eigenvalue weighted by molar-refractivity contribution is -0.126. The van der Waals surface area contributed by atoms with Crippen molar-refractivity contribution in [3.8, 4) is 0 Å². The molecule has 2 aromatic rings. The summed E-state index contributed by atoms with van der Waals surface area (Å²) in [6.07, 6.45) is 8.59. The molecule has 9 heteroatoms. The minimum atomic E-state index is -0.190. The highest BCUT2D eigenvalue weighted by atomic mass is 32.1. The van der Waals surface area contributed by atoms with Gasteiger partial charge >= 0.3 is 0 Å². The molecule has 3 N–H and O–H groups in total. The van der Waals surface area contributed by atoms with Gasteiger partial charge in [-0.3, -0.25) is 9.59 Å². The molecular weight excluding hydrogens is 412 g/mol. The van der Waals surface area contributed by atoms with Crippen LogP contribution < -0.4 is 16.0 Å². The molecule has 0 aromatic carbocycles. The molecule has 1 fully saturated rings. The number of aryl methyl sites for hydroxylation is 1. The molecule has 8 nitrogen and oxygen atoms in total. The molecule has 0 spiro atoms. The van der Waals surface area contributed by atoms with Gasteiger partial charge in [0.05, 0.1) is 11.9 Å². The molecule has 0 saturated heterocycles. The molecule has 168 valence electrons. The lowest BCUT2D eigenvalue weighted by atomic mass is 9.90. The fraction of sp³-hybridized carbons (Fsp3) is 0.636. The molecule has 2 aliphatic rings.